The molecule has 10 heteroatoms. The van der Waals surface area contributed by atoms with Gasteiger partial charge in [0, 0.05) is 12.1 Å². The number of amides is 1. The molecule has 0 fully saturated rings. The zero-order valence-corrected chi connectivity index (χ0v) is 19.1. The summed E-state index contributed by atoms with van der Waals surface area (Å²) < 4.78 is 26.6. The lowest BCUT2D eigenvalue weighted by Gasteiger charge is -2.18. The van der Waals surface area contributed by atoms with Gasteiger partial charge >= 0.3 is 5.97 Å². The third-order valence-corrected chi connectivity index (χ3v) is 5.28. The van der Waals surface area contributed by atoms with Gasteiger partial charge in [0.1, 0.15) is 11.5 Å². The fourth-order valence-electron chi connectivity index (χ4n) is 3.63. The molecule has 0 aliphatic heterocycles. The second-order valence-corrected chi connectivity index (χ2v) is 7.93. The van der Waals surface area contributed by atoms with E-state index in [4.69, 9.17) is 9.26 Å². The molecular formula is C25H23FN4O5. The van der Waals surface area contributed by atoms with E-state index < -0.39 is 23.7 Å². The number of benzene rings is 2. The van der Waals surface area contributed by atoms with Crippen molar-refractivity contribution in [3.63, 3.8) is 0 Å². The van der Waals surface area contributed by atoms with Crippen LogP contribution in [0.1, 0.15) is 45.5 Å². The van der Waals surface area contributed by atoms with Gasteiger partial charge in [0.25, 0.3) is 5.91 Å². The van der Waals surface area contributed by atoms with E-state index in [2.05, 4.69) is 15.6 Å². The molecule has 1 atom stereocenters. The van der Waals surface area contributed by atoms with Crippen molar-refractivity contribution in [3.8, 4) is 11.6 Å². The second kappa shape index (κ2) is 10.2. The van der Waals surface area contributed by atoms with Crippen LogP contribution < -0.4 is 10.1 Å². The maximum absolute atomic E-state index is 14.5. The smallest absolute Gasteiger partial charge is 0.305 e. The Hall–Kier alpha value is -4.47. The van der Waals surface area contributed by atoms with E-state index in [0.717, 1.165) is 5.56 Å². The molecule has 0 saturated heterocycles. The lowest BCUT2D eigenvalue weighted by atomic mass is 9.98. The van der Waals surface area contributed by atoms with E-state index in [0.29, 0.717) is 17.0 Å². The topological polar surface area (TPSA) is 119 Å². The number of carbonyl (C=O) groups is 2. The van der Waals surface area contributed by atoms with Crippen LogP contribution in [-0.2, 0) is 11.4 Å². The molecule has 2 aromatic heterocycles. The van der Waals surface area contributed by atoms with Gasteiger partial charge in [-0.05, 0) is 37.1 Å². The molecule has 0 spiro atoms. The van der Waals surface area contributed by atoms with Crippen LogP contribution in [0.4, 0.5) is 4.39 Å². The SMILES string of the molecule is Cc1cc(COc2cc(C(=O)N[C@@H](CC(=O)O)c3ccccc3C)nn2-c2ccccc2F)on1. The number of aryl methyl sites for hydroxylation is 2. The Morgan fingerprint density at radius 2 is 1.89 bits per heavy atom. The first-order valence-electron chi connectivity index (χ1n) is 10.8. The summed E-state index contributed by atoms with van der Waals surface area (Å²) in [5.74, 6) is -1.72. The summed E-state index contributed by atoms with van der Waals surface area (Å²) in [5.41, 5.74) is 2.19. The van der Waals surface area contributed by atoms with E-state index in [1.54, 1.807) is 31.2 Å². The van der Waals surface area contributed by atoms with Crippen molar-refractivity contribution in [2.75, 3.05) is 0 Å². The molecule has 0 aliphatic rings. The first-order chi connectivity index (χ1) is 16.8. The molecule has 2 heterocycles. The zero-order valence-electron chi connectivity index (χ0n) is 19.1. The Labute approximate surface area is 200 Å². The van der Waals surface area contributed by atoms with Crippen LogP contribution in [0.15, 0.2) is 65.2 Å². The molecule has 1 amide bonds. The molecule has 2 aromatic carbocycles. The summed E-state index contributed by atoms with van der Waals surface area (Å²) in [5, 5.41) is 20.2. The Morgan fingerprint density at radius 3 is 2.57 bits per heavy atom. The van der Waals surface area contributed by atoms with Crippen molar-refractivity contribution in [2.24, 2.45) is 0 Å². The second-order valence-electron chi connectivity index (χ2n) is 7.93. The van der Waals surface area contributed by atoms with Crippen LogP contribution in [0, 0.1) is 19.7 Å². The van der Waals surface area contributed by atoms with Crippen LogP contribution in [0.5, 0.6) is 5.88 Å². The number of ether oxygens (including phenoxy) is 1. The lowest BCUT2D eigenvalue weighted by molar-refractivity contribution is -0.137. The standard InChI is InChI=1S/C25H23FN4O5/c1-15-7-3-4-8-18(15)20(13-24(31)32)27-25(33)21-12-23(34-14-17-11-16(2)29-35-17)30(28-21)22-10-6-5-9-19(22)26/h3-12,20H,13-14H2,1-2H3,(H,27,33)(H,31,32)/t20-/m0/s1. The number of hydrogen-bond acceptors (Lipinski definition) is 6. The predicted octanol–water partition coefficient (Wildman–Crippen LogP) is 4.14. The summed E-state index contributed by atoms with van der Waals surface area (Å²) in [7, 11) is 0. The number of aliphatic carboxylic acids is 1. The average molecular weight is 478 g/mol. The van der Waals surface area contributed by atoms with Crippen molar-refractivity contribution in [3.05, 3.63) is 94.8 Å². The number of carboxylic acid groups (broad SMARTS) is 1. The van der Waals surface area contributed by atoms with Gasteiger partial charge in [0.15, 0.2) is 18.1 Å². The van der Waals surface area contributed by atoms with Crippen molar-refractivity contribution in [1.82, 2.24) is 20.3 Å². The highest BCUT2D eigenvalue weighted by molar-refractivity contribution is 5.93. The van der Waals surface area contributed by atoms with Crippen LogP contribution in [0.3, 0.4) is 0 Å². The highest BCUT2D eigenvalue weighted by Crippen LogP contribution is 2.25. The number of hydrogen-bond donors (Lipinski definition) is 2. The number of carbonyl (C=O) groups excluding carboxylic acids is 1. The Kier molecular flexibility index (Phi) is 6.91. The maximum atomic E-state index is 14.5. The predicted molar refractivity (Wildman–Crippen MR) is 123 cm³/mol. The largest absolute Gasteiger partial charge is 0.481 e. The van der Waals surface area contributed by atoms with Gasteiger partial charge in [-0.1, -0.05) is 41.6 Å². The summed E-state index contributed by atoms with van der Waals surface area (Å²) in [6, 6.07) is 15.4. The van der Waals surface area contributed by atoms with E-state index in [9.17, 15) is 19.1 Å². The Bertz CT molecular complexity index is 1360. The van der Waals surface area contributed by atoms with Crippen molar-refractivity contribution in [1.29, 1.82) is 0 Å². The molecule has 2 N–H and O–H groups in total. The molecule has 4 rings (SSSR count). The highest BCUT2D eigenvalue weighted by atomic mass is 19.1. The van der Waals surface area contributed by atoms with E-state index in [1.165, 1.54) is 28.9 Å². The minimum absolute atomic E-state index is 0.0209. The van der Waals surface area contributed by atoms with Crippen LogP contribution >= 0.6 is 0 Å². The number of para-hydroxylation sites is 1. The molecule has 0 bridgehead atoms. The number of aromatic nitrogens is 3. The normalized spacial score (nSPS) is 11.7. The average Bonchev–Trinajstić information content (AvgIpc) is 3.43. The van der Waals surface area contributed by atoms with Crippen molar-refractivity contribution in [2.45, 2.75) is 32.9 Å². The number of halogens is 1. The van der Waals surface area contributed by atoms with Gasteiger partial charge in [-0.15, -0.1) is 0 Å². The first-order valence-corrected chi connectivity index (χ1v) is 10.8. The van der Waals surface area contributed by atoms with Gasteiger partial charge < -0.3 is 19.7 Å². The summed E-state index contributed by atoms with van der Waals surface area (Å²) in [6.07, 6.45) is -0.321. The monoisotopic (exact) mass is 478 g/mol. The molecular weight excluding hydrogens is 455 g/mol. The van der Waals surface area contributed by atoms with Gasteiger partial charge in [-0.3, -0.25) is 9.59 Å². The minimum Gasteiger partial charge on any atom is -0.481 e. The van der Waals surface area contributed by atoms with Gasteiger partial charge in [0.05, 0.1) is 18.2 Å². The van der Waals surface area contributed by atoms with Gasteiger partial charge in [-0.25, -0.2) is 4.39 Å². The highest BCUT2D eigenvalue weighted by Gasteiger charge is 2.24. The van der Waals surface area contributed by atoms with E-state index in [-0.39, 0.29) is 30.3 Å². The van der Waals surface area contributed by atoms with Crippen molar-refractivity contribution >= 4 is 11.9 Å². The summed E-state index contributed by atoms with van der Waals surface area (Å²) in [4.78, 5) is 24.6. The van der Waals surface area contributed by atoms with E-state index in [1.807, 2.05) is 19.1 Å². The van der Waals surface area contributed by atoms with Crippen LogP contribution in [-0.4, -0.2) is 31.9 Å². The molecule has 4 aromatic rings. The molecule has 9 nitrogen and oxygen atoms in total. The third kappa shape index (κ3) is 5.55. The Balaban J connectivity index is 1.65. The number of carboxylic acids is 1. The molecule has 0 radical (unpaired) electrons. The fraction of sp³-hybridized carbons (Fsp3) is 0.200. The Morgan fingerprint density at radius 1 is 1.14 bits per heavy atom. The molecule has 0 aliphatic carbocycles. The maximum Gasteiger partial charge on any atom is 0.305 e. The van der Waals surface area contributed by atoms with E-state index >= 15 is 0 Å². The molecule has 0 unspecified atom stereocenters. The van der Waals surface area contributed by atoms with Gasteiger partial charge in [0.2, 0.25) is 5.88 Å². The summed E-state index contributed by atoms with van der Waals surface area (Å²) in [6.45, 7) is 3.58. The lowest BCUT2D eigenvalue weighted by Crippen LogP contribution is -2.31. The zero-order chi connectivity index (χ0) is 24.9. The quantitative estimate of drug-likeness (QED) is 0.371. The number of rotatable bonds is 9. The molecule has 180 valence electrons. The fourth-order valence-corrected chi connectivity index (χ4v) is 3.63. The van der Waals surface area contributed by atoms with Gasteiger partial charge in [-0.2, -0.15) is 9.78 Å². The van der Waals surface area contributed by atoms with Crippen LogP contribution in [0.25, 0.3) is 5.69 Å². The van der Waals surface area contributed by atoms with Crippen LogP contribution in [0.2, 0.25) is 0 Å². The summed E-state index contributed by atoms with van der Waals surface area (Å²) >= 11 is 0. The number of nitrogens with one attached hydrogen (secondary N) is 1. The third-order valence-electron chi connectivity index (χ3n) is 5.28. The number of nitrogens with zero attached hydrogens (tertiary/aromatic N) is 3. The minimum atomic E-state index is -1.07. The molecule has 35 heavy (non-hydrogen) atoms. The molecule has 0 saturated carbocycles. The first kappa shape index (κ1) is 23.7. The van der Waals surface area contributed by atoms with Crippen molar-refractivity contribution < 1.29 is 28.3 Å².